The second-order valence-electron chi connectivity index (χ2n) is 12.7. The lowest BCUT2D eigenvalue weighted by Gasteiger charge is -2.33. The van der Waals surface area contributed by atoms with Crippen molar-refractivity contribution in [2.75, 3.05) is 29.6 Å². The Labute approximate surface area is 265 Å². The highest BCUT2D eigenvalue weighted by molar-refractivity contribution is 7.90. The minimum Gasteiger partial charge on any atom is -0.477 e. The first kappa shape index (κ1) is 32.0. The molecule has 0 spiro atoms. The van der Waals surface area contributed by atoms with Crippen molar-refractivity contribution in [1.82, 2.24) is 29.9 Å². The van der Waals surface area contributed by atoms with Gasteiger partial charge in [0, 0.05) is 36.9 Å². The topological polar surface area (TPSA) is 135 Å². The van der Waals surface area contributed by atoms with Gasteiger partial charge >= 0.3 is 6.18 Å². The number of ether oxygens (including phenoxy) is 1. The van der Waals surface area contributed by atoms with Crippen molar-refractivity contribution in [3.8, 4) is 11.7 Å². The van der Waals surface area contributed by atoms with Crippen LogP contribution in [0.2, 0.25) is 0 Å². The molecule has 248 valence electrons. The Balaban J connectivity index is 1.32. The van der Waals surface area contributed by atoms with Crippen LogP contribution in [0, 0.1) is 5.41 Å². The van der Waals surface area contributed by atoms with Crippen LogP contribution in [0.25, 0.3) is 5.82 Å². The van der Waals surface area contributed by atoms with Gasteiger partial charge in [0.2, 0.25) is 5.88 Å². The van der Waals surface area contributed by atoms with Crippen LogP contribution < -0.4 is 24.8 Å². The standard InChI is InChI=1S/C30H37F3N8O4S/c1-4-5-15-40-22-7-6-8-25(34-22)46(43,44)38-27(42)21-9-10-23(35-26(21)39-19-20(36-40)18-28(39,2)3)41-16-11-24(37-41)45-17-14-29(12-13-29)30(31,32)33/h6-11,16,20,36H,4-5,12-15,17-19H2,1-3H3,(H,38,42). The molecule has 2 N–H and O–H groups in total. The zero-order chi connectivity index (χ0) is 32.9. The molecule has 46 heavy (non-hydrogen) atoms. The van der Waals surface area contributed by atoms with Crippen LogP contribution in [0.4, 0.5) is 24.8 Å². The number of anilines is 2. The largest absolute Gasteiger partial charge is 0.477 e. The van der Waals surface area contributed by atoms with Crippen molar-refractivity contribution in [1.29, 1.82) is 0 Å². The molecule has 5 heterocycles. The smallest absolute Gasteiger partial charge is 0.394 e. The van der Waals surface area contributed by atoms with E-state index in [9.17, 15) is 26.4 Å². The number of alkyl halides is 3. The molecule has 3 aliphatic rings. The molecule has 0 aromatic carbocycles. The molecule has 1 atom stereocenters. The maximum atomic E-state index is 13.6. The van der Waals surface area contributed by atoms with Crippen LogP contribution >= 0.6 is 0 Å². The number of hydrazine groups is 1. The number of rotatable bonds is 8. The third-order valence-electron chi connectivity index (χ3n) is 8.89. The molecular weight excluding hydrogens is 625 g/mol. The van der Waals surface area contributed by atoms with E-state index in [-0.39, 0.29) is 54.2 Å². The summed E-state index contributed by atoms with van der Waals surface area (Å²) in [6, 6.07) is 9.10. The fraction of sp³-hybridized carbons (Fsp3) is 0.533. The van der Waals surface area contributed by atoms with Gasteiger partial charge in [0.25, 0.3) is 15.9 Å². The van der Waals surface area contributed by atoms with Gasteiger partial charge in [-0.25, -0.2) is 24.8 Å². The van der Waals surface area contributed by atoms with Crippen molar-refractivity contribution in [2.45, 2.75) is 82.1 Å². The van der Waals surface area contributed by atoms with Gasteiger partial charge in [0.1, 0.15) is 11.6 Å². The normalized spacial score (nSPS) is 21.4. The molecule has 12 nitrogen and oxygen atoms in total. The second kappa shape index (κ2) is 11.7. The van der Waals surface area contributed by atoms with Gasteiger partial charge in [0.05, 0.1) is 17.6 Å². The maximum absolute atomic E-state index is 13.6. The zero-order valence-corrected chi connectivity index (χ0v) is 26.7. The number of nitrogens with one attached hydrogen (secondary N) is 2. The monoisotopic (exact) mass is 662 g/mol. The molecule has 4 bridgehead atoms. The number of nitrogens with zero attached hydrogens (tertiary/aromatic N) is 6. The Morgan fingerprint density at radius 1 is 1.09 bits per heavy atom. The molecule has 6 rings (SSSR count). The Morgan fingerprint density at radius 3 is 2.59 bits per heavy atom. The summed E-state index contributed by atoms with van der Waals surface area (Å²) in [6.45, 7) is 7.03. The quantitative estimate of drug-likeness (QED) is 0.358. The second-order valence-corrected chi connectivity index (χ2v) is 14.4. The van der Waals surface area contributed by atoms with Gasteiger partial charge in [-0.3, -0.25) is 9.80 Å². The zero-order valence-electron chi connectivity index (χ0n) is 25.8. The Kier molecular flexibility index (Phi) is 8.15. The Bertz CT molecular complexity index is 1720. The van der Waals surface area contributed by atoms with Gasteiger partial charge in [-0.2, -0.15) is 21.6 Å². The molecular formula is C30H37F3N8O4S. The molecule has 1 aliphatic carbocycles. The van der Waals surface area contributed by atoms with E-state index in [1.807, 2.05) is 23.8 Å². The Morgan fingerprint density at radius 2 is 1.87 bits per heavy atom. The van der Waals surface area contributed by atoms with Crippen LogP contribution in [-0.4, -0.2) is 71.5 Å². The lowest BCUT2D eigenvalue weighted by atomic mass is 10.00. The number of fused-ring (bicyclic) bond motifs is 6. The average Bonchev–Trinajstić information content (AvgIpc) is 3.55. The first-order chi connectivity index (χ1) is 21.7. The number of unbranched alkanes of at least 4 members (excludes halogenated alkanes) is 1. The van der Waals surface area contributed by atoms with E-state index in [0.29, 0.717) is 31.1 Å². The van der Waals surface area contributed by atoms with Crippen molar-refractivity contribution >= 4 is 27.6 Å². The molecule has 0 radical (unpaired) electrons. The van der Waals surface area contributed by atoms with Gasteiger partial charge < -0.3 is 9.64 Å². The molecule has 1 saturated heterocycles. The van der Waals surface area contributed by atoms with Crippen LogP contribution in [0.3, 0.4) is 0 Å². The first-order valence-corrected chi connectivity index (χ1v) is 16.8. The molecule has 2 fully saturated rings. The lowest BCUT2D eigenvalue weighted by molar-refractivity contribution is -0.190. The summed E-state index contributed by atoms with van der Waals surface area (Å²) in [7, 11) is -4.34. The maximum Gasteiger partial charge on any atom is 0.394 e. The van der Waals surface area contributed by atoms with E-state index >= 15 is 0 Å². The fourth-order valence-corrected chi connectivity index (χ4v) is 6.99. The Hall–Kier alpha value is -3.92. The van der Waals surface area contributed by atoms with E-state index in [1.54, 1.807) is 18.3 Å². The van der Waals surface area contributed by atoms with E-state index in [4.69, 9.17) is 9.72 Å². The molecule has 3 aromatic heterocycles. The minimum atomic E-state index is -4.34. The van der Waals surface area contributed by atoms with E-state index in [2.05, 4.69) is 27.2 Å². The number of amides is 1. The number of hydrogen-bond donors (Lipinski definition) is 2. The molecule has 2 aliphatic heterocycles. The lowest BCUT2D eigenvalue weighted by Crippen LogP contribution is -2.47. The average molecular weight is 663 g/mol. The summed E-state index contributed by atoms with van der Waals surface area (Å²) in [6.07, 6.45) is -0.193. The highest BCUT2D eigenvalue weighted by Crippen LogP contribution is 2.59. The summed E-state index contributed by atoms with van der Waals surface area (Å²) in [4.78, 5) is 24.8. The number of sulfonamides is 1. The van der Waals surface area contributed by atoms with Crippen molar-refractivity contribution in [3.05, 3.63) is 48.2 Å². The van der Waals surface area contributed by atoms with Crippen molar-refractivity contribution < 1.29 is 31.1 Å². The van der Waals surface area contributed by atoms with Crippen molar-refractivity contribution in [3.63, 3.8) is 0 Å². The number of hydrogen-bond acceptors (Lipinski definition) is 10. The van der Waals surface area contributed by atoms with Crippen LogP contribution in [0.15, 0.2) is 47.6 Å². The number of aromatic nitrogens is 4. The third kappa shape index (κ3) is 6.24. The predicted octanol–water partition coefficient (Wildman–Crippen LogP) is 4.37. The highest BCUT2D eigenvalue weighted by atomic mass is 32.2. The molecule has 1 amide bonds. The summed E-state index contributed by atoms with van der Waals surface area (Å²) in [5.41, 5.74) is 1.42. The molecule has 1 saturated carbocycles. The summed E-state index contributed by atoms with van der Waals surface area (Å²) in [5.74, 6) is 0.281. The number of pyridine rings is 2. The fourth-order valence-electron chi connectivity index (χ4n) is 6.06. The van der Waals surface area contributed by atoms with Gasteiger partial charge in [0.15, 0.2) is 10.8 Å². The molecule has 3 aromatic rings. The van der Waals surface area contributed by atoms with Crippen LogP contribution in [0.5, 0.6) is 5.88 Å². The summed E-state index contributed by atoms with van der Waals surface area (Å²) in [5, 5.41) is 5.92. The van der Waals surface area contributed by atoms with Crippen LogP contribution in [-0.2, 0) is 10.0 Å². The predicted molar refractivity (Wildman–Crippen MR) is 163 cm³/mol. The summed E-state index contributed by atoms with van der Waals surface area (Å²) >= 11 is 0. The van der Waals surface area contributed by atoms with Crippen LogP contribution in [0.1, 0.15) is 69.7 Å². The minimum absolute atomic E-state index is 0.0461. The van der Waals surface area contributed by atoms with Gasteiger partial charge in [-0.1, -0.05) is 19.4 Å². The molecule has 1 unspecified atom stereocenters. The van der Waals surface area contributed by atoms with Crippen molar-refractivity contribution in [2.24, 2.45) is 5.41 Å². The number of halogens is 3. The summed E-state index contributed by atoms with van der Waals surface area (Å²) < 4.78 is 75.7. The number of carbonyl (C=O) groups is 1. The SMILES string of the molecule is CCCCN1NC2CN(c3nc(-n4ccc(OCCC5(C(F)(F)F)CC5)n4)ccc3C(=O)NS(=O)(=O)c3cccc1n3)C(C)(C)C2. The highest BCUT2D eigenvalue weighted by Gasteiger charge is 2.62. The van der Waals surface area contributed by atoms with E-state index in [1.165, 1.54) is 28.9 Å². The van der Waals surface area contributed by atoms with Gasteiger partial charge in [-0.05, 0) is 70.2 Å². The number of carbonyl (C=O) groups excluding carboxylic acids is 1. The molecule has 16 heteroatoms. The van der Waals surface area contributed by atoms with Gasteiger partial charge in [-0.15, -0.1) is 5.10 Å². The van der Waals surface area contributed by atoms with E-state index in [0.717, 1.165) is 12.8 Å². The first-order valence-electron chi connectivity index (χ1n) is 15.3. The third-order valence-corrected chi connectivity index (χ3v) is 10.1. The van der Waals surface area contributed by atoms with E-state index < -0.39 is 33.1 Å².